The molecule has 0 unspecified atom stereocenters. The molecule has 1 saturated heterocycles. The number of ether oxygens (including phenoxy) is 1. The average molecular weight is 178 g/mol. The average Bonchev–Trinajstić information content (AvgIpc) is 2.71. The van der Waals surface area contributed by atoms with Crippen molar-refractivity contribution in [2.24, 2.45) is 0 Å². The van der Waals surface area contributed by atoms with E-state index >= 15 is 0 Å². The van der Waals surface area contributed by atoms with Crippen LogP contribution in [0.5, 0.6) is 5.75 Å². The molecule has 0 radical (unpaired) electrons. The van der Waals surface area contributed by atoms with Crippen molar-refractivity contribution in [1.29, 1.82) is 0 Å². The number of quaternary nitrogens is 1. The maximum absolute atomic E-state index is 5.12. The van der Waals surface area contributed by atoms with Crippen LogP contribution < -0.4 is 10.1 Å². The molecule has 1 atom stereocenters. The van der Waals surface area contributed by atoms with Gasteiger partial charge in [0, 0.05) is 18.4 Å². The van der Waals surface area contributed by atoms with Gasteiger partial charge in [-0.1, -0.05) is 0 Å². The lowest BCUT2D eigenvalue weighted by Crippen LogP contribution is -2.81. The van der Waals surface area contributed by atoms with Gasteiger partial charge in [0.2, 0.25) is 0 Å². The Kier molecular flexibility index (Phi) is 2.50. The third kappa shape index (κ3) is 1.83. The molecule has 1 aliphatic rings. The minimum atomic E-state index is 0.686. The van der Waals surface area contributed by atoms with Crippen LogP contribution in [0.4, 0.5) is 0 Å². The molecule has 0 aliphatic carbocycles. The molecular formula is C11H16NO+. The van der Waals surface area contributed by atoms with Gasteiger partial charge in [-0.25, -0.2) is 0 Å². The summed E-state index contributed by atoms with van der Waals surface area (Å²) in [5, 5.41) is 2.42. The summed E-state index contributed by atoms with van der Waals surface area (Å²) >= 11 is 0. The van der Waals surface area contributed by atoms with Gasteiger partial charge in [0.05, 0.1) is 13.7 Å². The van der Waals surface area contributed by atoms with E-state index in [-0.39, 0.29) is 0 Å². The van der Waals surface area contributed by atoms with E-state index in [1.54, 1.807) is 7.11 Å². The van der Waals surface area contributed by atoms with E-state index in [9.17, 15) is 0 Å². The standard InChI is InChI=1S/C11H15NO/c1-13-10-6-4-9(5-7-10)11-3-2-8-12-11/h4-7,11-12H,2-3,8H2,1H3/p+1/t11-/m0/s1. The van der Waals surface area contributed by atoms with Crippen LogP contribution in [-0.2, 0) is 0 Å². The van der Waals surface area contributed by atoms with E-state index in [0.717, 1.165) is 5.75 Å². The predicted molar refractivity (Wildman–Crippen MR) is 51.8 cm³/mol. The zero-order chi connectivity index (χ0) is 9.10. The van der Waals surface area contributed by atoms with Crippen LogP contribution in [-0.4, -0.2) is 13.7 Å². The quantitative estimate of drug-likeness (QED) is 0.721. The van der Waals surface area contributed by atoms with Gasteiger partial charge >= 0.3 is 0 Å². The van der Waals surface area contributed by atoms with Gasteiger partial charge in [-0.05, 0) is 24.3 Å². The van der Waals surface area contributed by atoms with Gasteiger partial charge in [-0.3, -0.25) is 0 Å². The molecular weight excluding hydrogens is 162 g/mol. The second kappa shape index (κ2) is 3.79. The van der Waals surface area contributed by atoms with Crippen LogP contribution >= 0.6 is 0 Å². The Balaban J connectivity index is 2.12. The minimum Gasteiger partial charge on any atom is -0.497 e. The van der Waals surface area contributed by atoms with E-state index in [1.807, 2.05) is 12.1 Å². The van der Waals surface area contributed by atoms with Gasteiger partial charge in [0.1, 0.15) is 11.8 Å². The van der Waals surface area contributed by atoms with Gasteiger partial charge in [-0.15, -0.1) is 0 Å². The van der Waals surface area contributed by atoms with Crippen LogP contribution in [0.2, 0.25) is 0 Å². The third-order valence-electron chi connectivity index (χ3n) is 2.71. The molecule has 0 spiro atoms. The van der Waals surface area contributed by atoms with Gasteiger partial charge in [0.15, 0.2) is 0 Å². The highest BCUT2D eigenvalue weighted by molar-refractivity contribution is 5.28. The SMILES string of the molecule is COc1ccc([C@@H]2CCC[NH2+]2)cc1. The summed E-state index contributed by atoms with van der Waals surface area (Å²) in [6.45, 7) is 1.27. The molecule has 0 bridgehead atoms. The van der Waals surface area contributed by atoms with E-state index in [1.165, 1.54) is 24.9 Å². The van der Waals surface area contributed by atoms with E-state index in [4.69, 9.17) is 4.74 Å². The largest absolute Gasteiger partial charge is 0.497 e. The van der Waals surface area contributed by atoms with Crippen molar-refractivity contribution in [3.63, 3.8) is 0 Å². The van der Waals surface area contributed by atoms with Gasteiger partial charge in [-0.2, -0.15) is 0 Å². The Labute approximate surface area is 78.9 Å². The van der Waals surface area contributed by atoms with Crippen molar-refractivity contribution < 1.29 is 10.1 Å². The zero-order valence-electron chi connectivity index (χ0n) is 7.99. The number of hydrogen-bond acceptors (Lipinski definition) is 1. The molecule has 13 heavy (non-hydrogen) atoms. The Bertz CT molecular complexity index is 262. The minimum absolute atomic E-state index is 0.686. The van der Waals surface area contributed by atoms with E-state index in [0.29, 0.717) is 6.04 Å². The van der Waals surface area contributed by atoms with Crippen molar-refractivity contribution >= 4 is 0 Å². The number of methoxy groups -OCH3 is 1. The Morgan fingerprint density at radius 3 is 2.62 bits per heavy atom. The summed E-state index contributed by atoms with van der Waals surface area (Å²) in [6.07, 6.45) is 2.66. The molecule has 2 nitrogen and oxygen atoms in total. The Morgan fingerprint density at radius 1 is 1.31 bits per heavy atom. The number of benzene rings is 1. The molecule has 2 heteroatoms. The fraction of sp³-hybridized carbons (Fsp3) is 0.455. The monoisotopic (exact) mass is 178 g/mol. The van der Waals surface area contributed by atoms with Crippen LogP contribution in [0.1, 0.15) is 24.4 Å². The molecule has 1 fully saturated rings. The normalized spacial score (nSPS) is 21.8. The molecule has 2 rings (SSSR count). The second-order valence-corrected chi connectivity index (χ2v) is 3.55. The highest BCUT2D eigenvalue weighted by Crippen LogP contribution is 2.20. The first-order valence-electron chi connectivity index (χ1n) is 4.87. The van der Waals surface area contributed by atoms with Crippen LogP contribution in [0.15, 0.2) is 24.3 Å². The van der Waals surface area contributed by atoms with Crippen molar-refractivity contribution in [1.82, 2.24) is 0 Å². The molecule has 1 aliphatic heterocycles. The summed E-state index contributed by atoms with van der Waals surface area (Å²) < 4.78 is 5.12. The maximum Gasteiger partial charge on any atom is 0.118 e. The molecule has 0 amide bonds. The Hall–Kier alpha value is -1.02. The third-order valence-corrected chi connectivity index (χ3v) is 2.71. The summed E-state index contributed by atoms with van der Waals surface area (Å²) in [5.41, 5.74) is 1.43. The van der Waals surface area contributed by atoms with E-state index < -0.39 is 0 Å². The van der Waals surface area contributed by atoms with E-state index in [2.05, 4.69) is 17.4 Å². The van der Waals surface area contributed by atoms with Crippen molar-refractivity contribution in [2.75, 3.05) is 13.7 Å². The molecule has 1 aromatic carbocycles. The molecule has 2 N–H and O–H groups in total. The molecule has 0 aromatic heterocycles. The zero-order valence-corrected chi connectivity index (χ0v) is 7.99. The maximum atomic E-state index is 5.12. The van der Waals surface area contributed by atoms with Crippen LogP contribution in [0, 0.1) is 0 Å². The Morgan fingerprint density at radius 2 is 2.08 bits per heavy atom. The fourth-order valence-electron chi connectivity index (χ4n) is 1.93. The summed E-state index contributed by atoms with van der Waals surface area (Å²) in [5.74, 6) is 0.946. The van der Waals surface area contributed by atoms with Crippen molar-refractivity contribution in [3.8, 4) is 5.75 Å². The number of rotatable bonds is 2. The predicted octanol–water partition coefficient (Wildman–Crippen LogP) is 1.09. The van der Waals surface area contributed by atoms with Crippen LogP contribution in [0.25, 0.3) is 0 Å². The lowest BCUT2D eigenvalue weighted by molar-refractivity contribution is -0.676. The molecule has 70 valence electrons. The lowest BCUT2D eigenvalue weighted by Gasteiger charge is -2.07. The molecule has 0 saturated carbocycles. The first-order valence-corrected chi connectivity index (χ1v) is 4.87. The molecule has 1 heterocycles. The van der Waals surface area contributed by atoms with Gasteiger partial charge in [0.25, 0.3) is 0 Å². The van der Waals surface area contributed by atoms with Crippen molar-refractivity contribution in [3.05, 3.63) is 29.8 Å². The lowest BCUT2D eigenvalue weighted by atomic mass is 10.1. The first-order chi connectivity index (χ1) is 6.40. The topological polar surface area (TPSA) is 25.8 Å². The van der Waals surface area contributed by atoms with Gasteiger partial charge < -0.3 is 10.1 Å². The highest BCUT2D eigenvalue weighted by atomic mass is 16.5. The smallest absolute Gasteiger partial charge is 0.118 e. The van der Waals surface area contributed by atoms with Crippen LogP contribution in [0.3, 0.4) is 0 Å². The number of nitrogens with two attached hydrogens (primary N) is 1. The number of hydrogen-bond donors (Lipinski definition) is 1. The summed E-state index contributed by atoms with van der Waals surface area (Å²) in [4.78, 5) is 0. The highest BCUT2D eigenvalue weighted by Gasteiger charge is 2.19. The summed E-state index contributed by atoms with van der Waals surface area (Å²) in [6, 6.07) is 9.12. The molecule has 1 aromatic rings. The summed E-state index contributed by atoms with van der Waals surface area (Å²) in [7, 11) is 1.71. The van der Waals surface area contributed by atoms with Crippen molar-refractivity contribution in [2.45, 2.75) is 18.9 Å². The second-order valence-electron chi connectivity index (χ2n) is 3.55. The first kappa shape index (κ1) is 8.57. The fourth-order valence-corrected chi connectivity index (χ4v) is 1.93.